The normalized spacial score (nSPS) is 10.6. The summed E-state index contributed by atoms with van der Waals surface area (Å²) in [5, 5.41) is 8.71. The fourth-order valence-electron chi connectivity index (χ4n) is 1.78. The third-order valence-corrected chi connectivity index (χ3v) is 3.05. The van der Waals surface area contributed by atoms with Crippen molar-refractivity contribution in [3.05, 3.63) is 63.7 Å². The summed E-state index contributed by atoms with van der Waals surface area (Å²) in [5.74, 6) is -1.25. The van der Waals surface area contributed by atoms with Crippen molar-refractivity contribution < 1.29 is 19.1 Å². The summed E-state index contributed by atoms with van der Waals surface area (Å²) in [5.41, 5.74) is 1.63. The van der Waals surface area contributed by atoms with Gasteiger partial charge in [0.15, 0.2) is 0 Å². The molecule has 0 atom stereocenters. The SMILES string of the molecule is CC(C)c1ccc(COc2coc(C(=O)O)cc2=O)cc1. The van der Waals surface area contributed by atoms with Gasteiger partial charge in [-0.1, -0.05) is 38.1 Å². The van der Waals surface area contributed by atoms with Gasteiger partial charge in [0, 0.05) is 6.07 Å². The van der Waals surface area contributed by atoms with Gasteiger partial charge < -0.3 is 14.3 Å². The van der Waals surface area contributed by atoms with E-state index in [1.54, 1.807) is 0 Å². The average Bonchev–Trinajstić information content (AvgIpc) is 2.46. The number of carbonyl (C=O) groups is 1. The van der Waals surface area contributed by atoms with Crippen LogP contribution in [0.4, 0.5) is 0 Å². The number of benzene rings is 1. The fourth-order valence-corrected chi connectivity index (χ4v) is 1.78. The Morgan fingerprint density at radius 3 is 2.48 bits per heavy atom. The number of carboxylic acids is 1. The molecule has 110 valence electrons. The zero-order chi connectivity index (χ0) is 15.4. The highest BCUT2D eigenvalue weighted by Crippen LogP contribution is 2.15. The molecule has 0 amide bonds. The minimum absolute atomic E-state index is 0.00654. The minimum atomic E-state index is -1.29. The Morgan fingerprint density at radius 2 is 1.95 bits per heavy atom. The fraction of sp³-hybridized carbons (Fsp3) is 0.250. The van der Waals surface area contributed by atoms with Crippen molar-refractivity contribution in [2.45, 2.75) is 26.4 Å². The second kappa shape index (κ2) is 6.26. The van der Waals surface area contributed by atoms with E-state index in [1.807, 2.05) is 24.3 Å². The van der Waals surface area contributed by atoms with Crippen molar-refractivity contribution in [2.24, 2.45) is 0 Å². The largest absolute Gasteiger partial charge is 0.482 e. The van der Waals surface area contributed by atoms with Gasteiger partial charge in [-0.3, -0.25) is 4.79 Å². The molecule has 0 unspecified atom stereocenters. The molecule has 0 aliphatic carbocycles. The molecule has 2 aromatic rings. The van der Waals surface area contributed by atoms with Crippen molar-refractivity contribution >= 4 is 5.97 Å². The van der Waals surface area contributed by atoms with Crippen molar-refractivity contribution in [1.29, 1.82) is 0 Å². The Balaban J connectivity index is 2.06. The highest BCUT2D eigenvalue weighted by Gasteiger charge is 2.10. The summed E-state index contributed by atoms with van der Waals surface area (Å²) in [6.07, 6.45) is 1.02. The van der Waals surface area contributed by atoms with Crippen molar-refractivity contribution in [1.82, 2.24) is 0 Å². The maximum Gasteiger partial charge on any atom is 0.371 e. The van der Waals surface area contributed by atoms with Gasteiger partial charge in [-0.2, -0.15) is 0 Å². The van der Waals surface area contributed by atoms with Crippen LogP contribution in [0.1, 0.15) is 41.4 Å². The molecular weight excluding hydrogens is 272 g/mol. The second-order valence-electron chi connectivity index (χ2n) is 4.96. The lowest BCUT2D eigenvalue weighted by molar-refractivity contribution is 0.0658. The number of rotatable bonds is 5. The van der Waals surface area contributed by atoms with Gasteiger partial charge in [0.05, 0.1) is 0 Å². The third-order valence-electron chi connectivity index (χ3n) is 3.05. The van der Waals surface area contributed by atoms with Gasteiger partial charge in [-0.05, 0) is 17.0 Å². The molecule has 1 aromatic heterocycles. The van der Waals surface area contributed by atoms with Gasteiger partial charge in [0.1, 0.15) is 12.9 Å². The van der Waals surface area contributed by atoms with Crippen molar-refractivity contribution in [3.63, 3.8) is 0 Å². The monoisotopic (exact) mass is 288 g/mol. The molecule has 0 aliphatic rings. The van der Waals surface area contributed by atoms with E-state index in [4.69, 9.17) is 14.3 Å². The molecule has 21 heavy (non-hydrogen) atoms. The molecule has 1 N–H and O–H groups in total. The van der Waals surface area contributed by atoms with Crippen LogP contribution in [0, 0.1) is 0 Å². The van der Waals surface area contributed by atoms with E-state index in [2.05, 4.69) is 13.8 Å². The third kappa shape index (κ3) is 3.72. The summed E-state index contributed by atoms with van der Waals surface area (Å²) in [7, 11) is 0. The predicted octanol–water partition coefficient (Wildman–Crippen LogP) is 3.04. The van der Waals surface area contributed by atoms with E-state index < -0.39 is 17.2 Å². The van der Waals surface area contributed by atoms with Crippen LogP contribution in [-0.4, -0.2) is 11.1 Å². The van der Waals surface area contributed by atoms with Crippen LogP contribution in [0.5, 0.6) is 5.75 Å². The van der Waals surface area contributed by atoms with E-state index >= 15 is 0 Å². The topological polar surface area (TPSA) is 76.7 Å². The maximum absolute atomic E-state index is 11.7. The Hall–Kier alpha value is -2.56. The van der Waals surface area contributed by atoms with E-state index in [9.17, 15) is 9.59 Å². The molecule has 0 fully saturated rings. The first-order chi connectivity index (χ1) is 9.97. The molecular formula is C16H16O5. The Labute approximate surface area is 121 Å². The van der Waals surface area contributed by atoms with Crippen LogP contribution in [0.2, 0.25) is 0 Å². The zero-order valence-electron chi connectivity index (χ0n) is 11.8. The standard InChI is InChI=1S/C16H16O5/c1-10(2)12-5-3-11(4-6-12)8-20-15-9-21-14(16(18)19)7-13(15)17/h3-7,9-10H,8H2,1-2H3,(H,18,19). The first-order valence-electron chi connectivity index (χ1n) is 6.55. The molecule has 0 radical (unpaired) electrons. The molecule has 0 spiro atoms. The first kappa shape index (κ1) is 14.8. The smallest absolute Gasteiger partial charge is 0.371 e. The average molecular weight is 288 g/mol. The van der Waals surface area contributed by atoms with Crippen molar-refractivity contribution in [2.75, 3.05) is 0 Å². The van der Waals surface area contributed by atoms with Gasteiger partial charge >= 0.3 is 5.97 Å². The Kier molecular flexibility index (Phi) is 4.42. The highest BCUT2D eigenvalue weighted by atomic mass is 16.5. The first-order valence-corrected chi connectivity index (χ1v) is 6.55. The quantitative estimate of drug-likeness (QED) is 0.915. The van der Waals surface area contributed by atoms with Crippen LogP contribution < -0.4 is 10.2 Å². The van der Waals surface area contributed by atoms with E-state index in [-0.39, 0.29) is 12.4 Å². The van der Waals surface area contributed by atoms with E-state index in [1.165, 1.54) is 5.56 Å². The lowest BCUT2D eigenvalue weighted by atomic mass is 10.0. The highest BCUT2D eigenvalue weighted by molar-refractivity contribution is 5.84. The summed E-state index contributed by atoms with van der Waals surface area (Å²) in [6, 6.07) is 8.80. The van der Waals surface area contributed by atoms with Gasteiger partial charge in [-0.25, -0.2) is 4.79 Å². The number of carboxylic acid groups (broad SMARTS) is 1. The number of hydrogen-bond donors (Lipinski definition) is 1. The number of aromatic carboxylic acids is 1. The summed E-state index contributed by atoms with van der Waals surface area (Å²) >= 11 is 0. The summed E-state index contributed by atoms with van der Waals surface area (Å²) in [4.78, 5) is 22.3. The maximum atomic E-state index is 11.7. The van der Waals surface area contributed by atoms with Gasteiger partial charge in [0.25, 0.3) is 0 Å². The summed E-state index contributed by atoms with van der Waals surface area (Å²) in [6.45, 7) is 4.44. The van der Waals surface area contributed by atoms with Crippen molar-refractivity contribution in [3.8, 4) is 5.75 Å². The Morgan fingerprint density at radius 1 is 1.29 bits per heavy atom. The molecule has 0 saturated heterocycles. The van der Waals surface area contributed by atoms with Crippen LogP contribution in [-0.2, 0) is 6.61 Å². The number of hydrogen-bond acceptors (Lipinski definition) is 4. The van der Waals surface area contributed by atoms with Crippen LogP contribution in [0.25, 0.3) is 0 Å². The Bertz CT molecular complexity index is 683. The van der Waals surface area contributed by atoms with Crippen LogP contribution >= 0.6 is 0 Å². The molecule has 0 aliphatic heterocycles. The molecule has 5 heteroatoms. The molecule has 2 rings (SSSR count). The number of ether oxygens (including phenoxy) is 1. The van der Waals surface area contributed by atoms with Gasteiger partial charge in [0.2, 0.25) is 16.9 Å². The molecule has 0 saturated carbocycles. The zero-order valence-corrected chi connectivity index (χ0v) is 11.8. The second-order valence-corrected chi connectivity index (χ2v) is 4.96. The molecule has 0 bridgehead atoms. The molecule has 1 aromatic carbocycles. The van der Waals surface area contributed by atoms with E-state index in [0.717, 1.165) is 17.9 Å². The lowest BCUT2D eigenvalue weighted by Gasteiger charge is -2.08. The molecule has 1 heterocycles. The van der Waals surface area contributed by atoms with Crippen LogP contribution in [0.15, 0.2) is 45.8 Å². The van der Waals surface area contributed by atoms with E-state index in [0.29, 0.717) is 5.92 Å². The minimum Gasteiger partial charge on any atom is -0.482 e. The molecule has 5 nitrogen and oxygen atoms in total. The summed E-state index contributed by atoms with van der Waals surface area (Å²) < 4.78 is 10.2. The lowest BCUT2D eigenvalue weighted by Crippen LogP contribution is -2.10. The van der Waals surface area contributed by atoms with Gasteiger partial charge in [-0.15, -0.1) is 0 Å². The van der Waals surface area contributed by atoms with Crippen LogP contribution in [0.3, 0.4) is 0 Å². The predicted molar refractivity (Wildman–Crippen MR) is 76.8 cm³/mol.